The van der Waals surface area contributed by atoms with Gasteiger partial charge in [-0.05, 0) is 140 Å². The summed E-state index contributed by atoms with van der Waals surface area (Å²) in [7, 11) is 0. The maximum absolute atomic E-state index is 14.9. The van der Waals surface area contributed by atoms with Gasteiger partial charge in [0.25, 0.3) is 0 Å². The molecule has 2 aromatic heterocycles. The lowest BCUT2D eigenvalue weighted by atomic mass is 9.91. The van der Waals surface area contributed by atoms with Gasteiger partial charge in [0.2, 0.25) is 0 Å². The lowest BCUT2D eigenvalue weighted by molar-refractivity contribution is -0.137. The van der Waals surface area contributed by atoms with Crippen molar-refractivity contribution >= 4 is 43.6 Å². The molecule has 2 heterocycles. The lowest BCUT2D eigenvalue weighted by Crippen LogP contribution is -2.08. The highest BCUT2D eigenvalue weighted by Crippen LogP contribution is 2.44. The van der Waals surface area contributed by atoms with E-state index in [1.807, 2.05) is 48.5 Å². The van der Waals surface area contributed by atoms with Crippen molar-refractivity contribution in [3.8, 4) is 68.0 Å². The van der Waals surface area contributed by atoms with Crippen LogP contribution in [0.4, 0.5) is 13.2 Å². The zero-order chi connectivity index (χ0) is 47.0. The summed E-state index contributed by atoms with van der Waals surface area (Å²) < 4.78 is 49.1. The predicted molar refractivity (Wildman–Crippen MR) is 270 cm³/mol. The fourth-order valence-corrected chi connectivity index (χ4v) is 10.3. The first-order valence-corrected chi connectivity index (χ1v) is 22.4. The van der Waals surface area contributed by atoms with E-state index in [1.165, 1.54) is 34.4 Å². The average Bonchev–Trinajstić information content (AvgIpc) is 3.84. The van der Waals surface area contributed by atoms with E-state index >= 15 is 0 Å². The second kappa shape index (κ2) is 16.0. The molecule has 0 unspecified atom stereocenters. The smallest absolute Gasteiger partial charge is 0.309 e. The predicted octanol–water partition coefficient (Wildman–Crippen LogP) is 16.5. The summed E-state index contributed by atoms with van der Waals surface area (Å²) >= 11 is 0. The number of benzene rings is 9. The molecule has 0 aliphatic carbocycles. The fraction of sp³-hybridized carbons (Fsp3) is 0.0820. The van der Waals surface area contributed by atoms with Crippen molar-refractivity contribution in [2.24, 2.45) is 0 Å². The maximum Gasteiger partial charge on any atom is 0.417 e. The summed E-state index contributed by atoms with van der Waals surface area (Å²) in [6.07, 6.45) is -4.74. The lowest BCUT2D eigenvalue weighted by Gasteiger charge is -2.20. The number of fused-ring (bicyclic) bond motifs is 6. The Bertz CT molecular complexity index is 3940. The molecule has 0 spiro atoms. The van der Waals surface area contributed by atoms with E-state index in [2.05, 4.69) is 140 Å². The van der Waals surface area contributed by atoms with Gasteiger partial charge in [0.05, 0.1) is 56.6 Å². The molecule has 4 nitrogen and oxygen atoms in total. The van der Waals surface area contributed by atoms with Crippen LogP contribution >= 0.6 is 0 Å². The van der Waals surface area contributed by atoms with E-state index in [4.69, 9.17) is 0 Å². The van der Waals surface area contributed by atoms with Gasteiger partial charge in [0.1, 0.15) is 0 Å². The number of para-hydroxylation sites is 2. The number of halogens is 3. The van der Waals surface area contributed by atoms with E-state index in [9.17, 15) is 23.7 Å². The highest BCUT2D eigenvalue weighted by Gasteiger charge is 2.34. The highest BCUT2D eigenvalue weighted by molar-refractivity contribution is 6.12. The Balaban J connectivity index is 1.18. The van der Waals surface area contributed by atoms with E-state index in [-0.39, 0.29) is 11.1 Å². The van der Waals surface area contributed by atoms with Gasteiger partial charge in [0.15, 0.2) is 0 Å². The minimum Gasteiger partial charge on any atom is -0.309 e. The van der Waals surface area contributed by atoms with Crippen molar-refractivity contribution in [2.45, 2.75) is 33.9 Å². The van der Waals surface area contributed by atoms with Crippen molar-refractivity contribution in [1.29, 1.82) is 10.5 Å². The molecule has 0 atom stereocenters. The number of hydrogen-bond donors (Lipinski definition) is 0. The molecule has 0 N–H and O–H groups in total. The third-order valence-electron chi connectivity index (χ3n) is 13.1. The van der Waals surface area contributed by atoms with Crippen LogP contribution in [0.5, 0.6) is 0 Å². The second-order valence-electron chi connectivity index (χ2n) is 17.9. The van der Waals surface area contributed by atoms with Gasteiger partial charge in [-0.25, -0.2) is 0 Å². The Hall–Kier alpha value is -8.65. The molecule has 0 radical (unpaired) electrons. The summed E-state index contributed by atoms with van der Waals surface area (Å²) in [5, 5.41) is 24.7. The molecule has 0 aliphatic heterocycles. The summed E-state index contributed by atoms with van der Waals surface area (Å²) in [5.41, 5.74) is 15.1. The number of nitrogens with zero attached hydrogens (tertiary/aromatic N) is 4. The van der Waals surface area contributed by atoms with Gasteiger partial charge in [-0.2, -0.15) is 23.7 Å². The zero-order valence-corrected chi connectivity index (χ0v) is 37.7. The first-order valence-electron chi connectivity index (χ1n) is 22.4. The summed E-state index contributed by atoms with van der Waals surface area (Å²) in [6, 6.07) is 61.4. The molecule has 9 aromatic carbocycles. The number of rotatable bonds is 6. The van der Waals surface area contributed by atoms with Crippen molar-refractivity contribution in [3.05, 3.63) is 215 Å². The SMILES string of the molecule is Cc1cc(C)cc(-c2ccc3c(c2)c2ccccc2n3-c2ccc(C#N)c(-c3cc(-c4ccc(C#N)cc4C(F)(F)F)ccc3-n3c4ccccc4c4cc(-c5cc(C)cc(C)c5)ccc43)c2)c1. The number of alkyl halides is 3. The van der Waals surface area contributed by atoms with Crippen LogP contribution in [-0.4, -0.2) is 9.13 Å². The largest absolute Gasteiger partial charge is 0.417 e. The van der Waals surface area contributed by atoms with Gasteiger partial charge >= 0.3 is 6.18 Å². The van der Waals surface area contributed by atoms with Crippen LogP contribution in [0.3, 0.4) is 0 Å². The van der Waals surface area contributed by atoms with E-state index in [0.29, 0.717) is 27.9 Å². The monoisotopic (exact) mass is 886 g/mol. The molecule has 326 valence electrons. The first-order chi connectivity index (χ1) is 32.9. The normalized spacial score (nSPS) is 11.7. The standard InChI is InChI=1S/C61H41F3N4/c1-36-23-37(2)26-45(25-36)41-15-20-58-52(30-41)49-9-5-7-11-56(49)67(58)47-18-14-44(35-66)51(33-47)54-32-43(48-19-13-40(34-65)29-55(48)61(62,63)64)17-22-60(54)68-57-12-8-6-10-50(57)53-31-42(16-21-59(53)68)46-27-38(3)24-39(4)28-46/h5-33H,1-4H3. The van der Waals surface area contributed by atoms with E-state index in [0.717, 1.165) is 77.6 Å². The van der Waals surface area contributed by atoms with Crippen molar-refractivity contribution in [2.75, 3.05) is 0 Å². The van der Waals surface area contributed by atoms with Gasteiger partial charge in [0, 0.05) is 38.4 Å². The molecular formula is C61H41F3N4. The Labute approximate surface area is 391 Å². The number of aromatic nitrogens is 2. The minimum atomic E-state index is -4.74. The molecule has 68 heavy (non-hydrogen) atoms. The van der Waals surface area contributed by atoms with Crippen molar-refractivity contribution in [3.63, 3.8) is 0 Å². The molecular weight excluding hydrogens is 846 g/mol. The topological polar surface area (TPSA) is 57.4 Å². The van der Waals surface area contributed by atoms with Crippen LogP contribution in [0.1, 0.15) is 38.9 Å². The molecule has 0 bridgehead atoms. The molecule has 0 amide bonds. The second-order valence-corrected chi connectivity index (χ2v) is 17.9. The number of hydrogen-bond acceptors (Lipinski definition) is 2. The molecule has 11 aromatic rings. The Morgan fingerprint density at radius 2 is 0.926 bits per heavy atom. The fourth-order valence-electron chi connectivity index (χ4n) is 10.3. The van der Waals surface area contributed by atoms with Crippen LogP contribution in [0, 0.1) is 50.4 Å². The maximum atomic E-state index is 14.9. The van der Waals surface area contributed by atoms with E-state index < -0.39 is 11.7 Å². The summed E-state index contributed by atoms with van der Waals surface area (Å²) in [4.78, 5) is 0. The average molecular weight is 887 g/mol. The van der Waals surface area contributed by atoms with Gasteiger partial charge in [-0.3, -0.25) is 0 Å². The minimum absolute atomic E-state index is 0.0683. The summed E-state index contributed by atoms with van der Waals surface area (Å²) in [5.74, 6) is 0. The first kappa shape index (κ1) is 42.0. The van der Waals surface area contributed by atoms with Crippen LogP contribution in [0.15, 0.2) is 176 Å². The van der Waals surface area contributed by atoms with Crippen LogP contribution in [0.2, 0.25) is 0 Å². The van der Waals surface area contributed by atoms with Gasteiger partial charge < -0.3 is 9.13 Å². The van der Waals surface area contributed by atoms with Gasteiger partial charge in [-0.15, -0.1) is 0 Å². The molecule has 7 heteroatoms. The van der Waals surface area contributed by atoms with Crippen LogP contribution in [0.25, 0.3) is 99.5 Å². The molecule has 0 aliphatic rings. The van der Waals surface area contributed by atoms with Crippen LogP contribution < -0.4 is 0 Å². The third kappa shape index (κ3) is 7.08. The molecule has 0 saturated heterocycles. The Morgan fingerprint density at radius 1 is 0.397 bits per heavy atom. The molecule has 0 fully saturated rings. The molecule has 0 saturated carbocycles. The van der Waals surface area contributed by atoms with E-state index in [1.54, 1.807) is 18.2 Å². The highest BCUT2D eigenvalue weighted by atomic mass is 19.4. The zero-order valence-electron chi connectivity index (χ0n) is 37.7. The van der Waals surface area contributed by atoms with Crippen molar-refractivity contribution < 1.29 is 13.2 Å². The third-order valence-corrected chi connectivity index (χ3v) is 13.1. The number of aryl methyl sites for hydroxylation is 4. The quantitative estimate of drug-likeness (QED) is 0.167. The number of nitriles is 2. The van der Waals surface area contributed by atoms with Gasteiger partial charge in [-0.1, -0.05) is 119 Å². The Morgan fingerprint density at radius 3 is 1.49 bits per heavy atom. The Kier molecular flexibility index (Phi) is 9.92. The molecule has 11 rings (SSSR count). The summed E-state index contributed by atoms with van der Waals surface area (Å²) in [6.45, 7) is 8.40. The van der Waals surface area contributed by atoms with Crippen LogP contribution in [-0.2, 0) is 6.18 Å². The van der Waals surface area contributed by atoms with Crippen molar-refractivity contribution in [1.82, 2.24) is 9.13 Å².